The van der Waals surface area contributed by atoms with Gasteiger partial charge >= 0.3 is 0 Å². The Balaban J connectivity index is 2.37. The number of benzene rings is 1. The Morgan fingerprint density at radius 1 is 1.33 bits per heavy atom. The van der Waals surface area contributed by atoms with E-state index in [0.717, 1.165) is 12.8 Å². The van der Waals surface area contributed by atoms with E-state index >= 15 is 0 Å². The Morgan fingerprint density at radius 2 is 1.90 bits per heavy atom. The van der Waals surface area contributed by atoms with Gasteiger partial charge in [-0.1, -0.05) is 18.5 Å². The number of rotatable bonds is 2. The van der Waals surface area contributed by atoms with Crippen LogP contribution in [0.25, 0.3) is 0 Å². The Kier molecular flexibility index (Phi) is 5.23. The van der Waals surface area contributed by atoms with Crippen molar-refractivity contribution in [3.63, 3.8) is 0 Å². The van der Waals surface area contributed by atoms with Crippen molar-refractivity contribution in [1.29, 1.82) is 0 Å². The topological polar surface area (TPSA) is 54.5 Å². The molecule has 8 heteroatoms. The van der Waals surface area contributed by atoms with Crippen LogP contribution in [0.5, 0.6) is 0 Å². The highest BCUT2D eigenvalue weighted by atomic mass is 79.9. The van der Waals surface area contributed by atoms with Crippen molar-refractivity contribution in [3.8, 4) is 0 Å². The highest BCUT2D eigenvalue weighted by Gasteiger charge is 2.26. The number of nitrogens with zero attached hydrogens (tertiary/aromatic N) is 1. The first-order valence-corrected chi connectivity index (χ1v) is 9.91. The van der Waals surface area contributed by atoms with Crippen molar-refractivity contribution in [2.24, 2.45) is 5.92 Å². The first-order chi connectivity index (χ1) is 9.70. The molecular formula is C13H14BrCl2NO3S. The largest absolute Gasteiger partial charge is 0.339 e. The molecule has 0 aliphatic carbocycles. The minimum absolute atomic E-state index is 0.151. The van der Waals surface area contributed by atoms with Crippen molar-refractivity contribution in [2.45, 2.75) is 24.7 Å². The highest BCUT2D eigenvalue weighted by Crippen LogP contribution is 2.32. The fourth-order valence-electron chi connectivity index (χ4n) is 2.26. The third-order valence-corrected chi connectivity index (χ3v) is 6.18. The van der Waals surface area contributed by atoms with Gasteiger partial charge in [0.25, 0.3) is 15.0 Å². The number of amides is 1. The molecule has 0 atom stereocenters. The predicted molar refractivity (Wildman–Crippen MR) is 86.5 cm³/mol. The minimum Gasteiger partial charge on any atom is -0.339 e. The van der Waals surface area contributed by atoms with Crippen LogP contribution >= 0.6 is 38.2 Å². The quantitative estimate of drug-likeness (QED) is 0.689. The lowest BCUT2D eigenvalue weighted by Crippen LogP contribution is -2.38. The maximum absolute atomic E-state index is 12.5. The molecular weight excluding hydrogens is 401 g/mol. The predicted octanol–water partition coefficient (Wildman–Crippen LogP) is 3.90. The van der Waals surface area contributed by atoms with Gasteiger partial charge in [0.05, 0.1) is 15.5 Å². The maximum Gasteiger partial charge on any atom is 0.262 e. The number of halogens is 3. The van der Waals surface area contributed by atoms with Crippen LogP contribution in [0, 0.1) is 5.92 Å². The van der Waals surface area contributed by atoms with E-state index in [4.69, 9.17) is 22.3 Å². The van der Waals surface area contributed by atoms with E-state index in [0.29, 0.717) is 19.0 Å². The summed E-state index contributed by atoms with van der Waals surface area (Å²) in [7, 11) is 1.42. The molecule has 1 aromatic rings. The second-order valence-corrected chi connectivity index (χ2v) is 8.97. The zero-order valence-corrected chi connectivity index (χ0v) is 15.2. The number of likely N-dealkylation sites (tertiary alicyclic amines) is 1. The molecule has 1 aromatic carbocycles. The fraction of sp³-hybridized carbons (Fsp3) is 0.462. The normalized spacial score (nSPS) is 17.0. The van der Waals surface area contributed by atoms with Gasteiger partial charge in [-0.2, -0.15) is 0 Å². The van der Waals surface area contributed by atoms with Crippen LogP contribution in [0.3, 0.4) is 0 Å². The third kappa shape index (κ3) is 3.92. The summed E-state index contributed by atoms with van der Waals surface area (Å²) in [4.78, 5) is 14.0. The van der Waals surface area contributed by atoms with E-state index in [1.54, 1.807) is 4.90 Å². The molecule has 21 heavy (non-hydrogen) atoms. The van der Waals surface area contributed by atoms with E-state index in [9.17, 15) is 13.2 Å². The van der Waals surface area contributed by atoms with E-state index in [1.165, 1.54) is 12.1 Å². The average molecular weight is 415 g/mol. The van der Waals surface area contributed by atoms with E-state index < -0.39 is 9.05 Å². The van der Waals surface area contributed by atoms with Crippen molar-refractivity contribution in [3.05, 3.63) is 27.2 Å². The molecule has 1 fully saturated rings. The molecule has 1 aliphatic heterocycles. The molecule has 1 saturated heterocycles. The summed E-state index contributed by atoms with van der Waals surface area (Å²) >= 11 is 9.18. The summed E-state index contributed by atoms with van der Waals surface area (Å²) in [5.41, 5.74) is 0.161. The van der Waals surface area contributed by atoms with Crippen molar-refractivity contribution < 1.29 is 13.2 Å². The van der Waals surface area contributed by atoms with Gasteiger partial charge in [0, 0.05) is 28.2 Å². The summed E-state index contributed by atoms with van der Waals surface area (Å²) in [6.45, 7) is 3.44. The fourth-order valence-corrected chi connectivity index (χ4v) is 4.83. The number of piperidine rings is 1. The van der Waals surface area contributed by atoms with Gasteiger partial charge in [0.15, 0.2) is 0 Å². The molecule has 0 aromatic heterocycles. The van der Waals surface area contributed by atoms with E-state index in [-0.39, 0.29) is 25.9 Å². The summed E-state index contributed by atoms with van der Waals surface area (Å²) in [5, 5.41) is 0.203. The molecule has 0 unspecified atom stereocenters. The van der Waals surface area contributed by atoms with Crippen LogP contribution in [-0.4, -0.2) is 32.3 Å². The van der Waals surface area contributed by atoms with Crippen molar-refractivity contribution in [2.75, 3.05) is 13.1 Å². The number of carbonyl (C=O) groups excluding carboxylic acids is 1. The molecule has 4 nitrogen and oxygen atoms in total. The lowest BCUT2D eigenvalue weighted by Gasteiger charge is -2.30. The Hall–Kier alpha value is -0.300. The summed E-state index contributed by atoms with van der Waals surface area (Å²) < 4.78 is 23.3. The molecule has 0 spiro atoms. The lowest BCUT2D eigenvalue weighted by atomic mass is 9.98. The van der Waals surface area contributed by atoms with Crippen LogP contribution < -0.4 is 0 Å². The molecule has 0 saturated carbocycles. The van der Waals surface area contributed by atoms with Crippen LogP contribution in [0.2, 0.25) is 5.02 Å². The first-order valence-electron chi connectivity index (χ1n) is 6.43. The standard InChI is InChI=1S/C13H14BrCl2NO3S/c1-8-2-4-17(5-3-8)13(18)9-6-12(21(16,19)20)10(14)7-11(9)15/h6-8H,2-5H2,1H3. The molecule has 0 bridgehead atoms. The van der Waals surface area contributed by atoms with Gasteiger partial charge in [-0.15, -0.1) is 0 Å². The zero-order valence-electron chi connectivity index (χ0n) is 11.3. The number of hydrogen-bond donors (Lipinski definition) is 0. The molecule has 0 N–H and O–H groups in total. The molecule has 1 aliphatic rings. The van der Waals surface area contributed by atoms with Crippen molar-refractivity contribution in [1.82, 2.24) is 4.90 Å². The first kappa shape index (κ1) is 17.1. The van der Waals surface area contributed by atoms with Crippen LogP contribution in [0.15, 0.2) is 21.5 Å². The summed E-state index contributed by atoms with van der Waals surface area (Å²) in [6, 6.07) is 2.62. The van der Waals surface area contributed by atoms with Gasteiger partial charge in [-0.3, -0.25) is 4.79 Å². The van der Waals surface area contributed by atoms with E-state index in [1.807, 2.05) is 0 Å². The second-order valence-electron chi connectivity index (χ2n) is 5.18. The van der Waals surface area contributed by atoms with Gasteiger partial charge in [-0.25, -0.2) is 8.42 Å². The molecule has 2 rings (SSSR count). The highest BCUT2D eigenvalue weighted by molar-refractivity contribution is 9.10. The smallest absolute Gasteiger partial charge is 0.262 e. The molecule has 1 amide bonds. The SMILES string of the molecule is CC1CCN(C(=O)c2cc(S(=O)(=O)Cl)c(Br)cc2Cl)CC1. The lowest BCUT2D eigenvalue weighted by molar-refractivity contribution is 0.0697. The maximum atomic E-state index is 12.5. The summed E-state index contributed by atoms with van der Waals surface area (Å²) in [5.74, 6) is 0.328. The zero-order chi connectivity index (χ0) is 15.8. The van der Waals surface area contributed by atoms with Crippen LogP contribution in [0.1, 0.15) is 30.1 Å². The van der Waals surface area contributed by atoms with Gasteiger partial charge in [0.1, 0.15) is 0 Å². The minimum atomic E-state index is -3.95. The van der Waals surface area contributed by atoms with Gasteiger partial charge in [0.2, 0.25) is 0 Å². The van der Waals surface area contributed by atoms with Crippen molar-refractivity contribution >= 4 is 53.2 Å². The van der Waals surface area contributed by atoms with E-state index in [2.05, 4.69) is 22.9 Å². The Labute approximate surface area is 142 Å². The molecule has 0 radical (unpaired) electrons. The molecule has 1 heterocycles. The van der Waals surface area contributed by atoms with Crippen LogP contribution in [-0.2, 0) is 9.05 Å². The third-order valence-electron chi connectivity index (χ3n) is 3.59. The monoisotopic (exact) mass is 413 g/mol. The Bertz CT molecular complexity index is 670. The van der Waals surface area contributed by atoms with Gasteiger partial charge in [-0.05, 0) is 46.8 Å². The number of carbonyl (C=O) groups is 1. The van der Waals surface area contributed by atoms with Gasteiger partial charge < -0.3 is 4.90 Å². The average Bonchev–Trinajstić information content (AvgIpc) is 2.37. The second kappa shape index (κ2) is 6.44. The van der Waals surface area contributed by atoms with Crippen LogP contribution in [0.4, 0.5) is 0 Å². The summed E-state index contributed by atoms with van der Waals surface area (Å²) in [6.07, 6.45) is 1.86. The number of hydrogen-bond acceptors (Lipinski definition) is 3. The Morgan fingerprint density at radius 3 is 2.43 bits per heavy atom. The molecule has 116 valence electrons.